The second-order valence-electron chi connectivity index (χ2n) is 7.46. The number of nitro groups is 1. The van der Waals surface area contributed by atoms with Crippen molar-refractivity contribution < 1.29 is 29.2 Å². The number of hydrogen-bond acceptors (Lipinski definition) is 8. The van der Waals surface area contributed by atoms with Crippen LogP contribution in [0.3, 0.4) is 0 Å². The van der Waals surface area contributed by atoms with Crippen LogP contribution in [0.1, 0.15) is 59.0 Å². The number of unbranched alkanes of at least 4 members (excludes halogenated alkanes) is 3. The van der Waals surface area contributed by atoms with Crippen LogP contribution in [0.25, 0.3) is 0 Å². The molecule has 188 valence electrons. The number of rotatable bonds is 12. The van der Waals surface area contributed by atoms with E-state index in [0.717, 1.165) is 12.8 Å². The first-order chi connectivity index (χ1) is 16.6. The molecule has 0 aliphatic heterocycles. The Morgan fingerprint density at radius 3 is 2.26 bits per heavy atom. The van der Waals surface area contributed by atoms with E-state index in [1.807, 2.05) is 0 Å². The number of benzene rings is 1. The normalized spacial score (nSPS) is 10.3. The van der Waals surface area contributed by atoms with Crippen LogP contribution < -0.4 is 21.3 Å². The molecule has 0 aliphatic rings. The van der Waals surface area contributed by atoms with Crippen LogP contribution in [0.2, 0.25) is 0 Å². The van der Waals surface area contributed by atoms with E-state index in [9.17, 15) is 29.3 Å². The summed E-state index contributed by atoms with van der Waals surface area (Å²) in [6, 6.07) is 4.18. The van der Waals surface area contributed by atoms with Crippen LogP contribution in [-0.4, -0.2) is 51.9 Å². The van der Waals surface area contributed by atoms with Crippen LogP contribution in [0, 0.1) is 17.0 Å². The van der Waals surface area contributed by atoms with E-state index in [2.05, 4.69) is 26.3 Å². The zero-order valence-corrected chi connectivity index (χ0v) is 20.0. The molecule has 2 aromatic rings. The maximum atomic E-state index is 12.7. The molecule has 0 aliphatic carbocycles. The largest absolute Gasteiger partial charge is 0.465 e. The van der Waals surface area contributed by atoms with Gasteiger partial charge in [-0.1, -0.05) is 12.8 Å². The Morgan fingerprint density at radius 1 is 1.03 bits per heavy atom. The summed E-state index contributed by atoms with van der Waals surface area (Å²) in [6.07, 6.45) is 1.98. The van der Waals surface area contributed by atoms with E-state index < -0.39 is 22.8 Å². The summed E-state index contributed by atoms with van der Waals surface area (Å²) in [7, 11) is 0. The van der Waals surface area contributed by atoms with Crippen molar-refractivity contribution in [1.82, 2.24) is 15.6 Å². The van der Waals surface area contributed by atoms with Gasteiger partial charge in [-0.15, -0.1) is 0 Å². The summed E-state index contributed by atoms with van der Waals surface area (Å²) < 4.78 is 0. The van der Waals surface area contributed by atoms with E-state index in [4.69, 9.17) is 5.11 Å². The topological polar surface area (TPSA) is 193 Å². The molecule has 5 N–H and O–H groups in total. The smallest absolute Gasteiger partial charge is 0.404 e. The summed E-state index contributed by atoms with van der Waals surface area (Å²) in [5.74, 6) is -1.49. The lowest BCUT2D eigenvalue weighted by atomic mass is 10.1. The van der Waals surface area contributed by atoms with E-state index >= 15 is 0 Å². The van der Waals surface area contributed by atoms with Crippen molar-refractivity contribution in [3.63, 3.8) is 0 Å². The summed E-state index contributed by atoms with van der Waals surface area (Å²) in [5.41, 5.74) is 0.566. The molecule has 4 amide bonds. The second kappa shape index (κ2) is 13.0. The van der Waals surface area contributed by atoms with Crippen molar-refractivity contribution >= 4 is 51.0 Å². The predicted molar refractivity (Wildman–Crippen MR) is 129 cm³/mol. The third-order valence-electron chi connectivity index (χ3n) is 4.66. The first-order valence-corrected chi connectivity index (χ1v) is 11.5. The van der Waals surface area contributed by atoms with Gasteiger partial charge in [-0.05, 0) is 49.3 Å². The molecule has 1 aromatic carbocycles. The molecule has 0 fully saturated rings. The fraction of sp³-hybridized carbons (Fsp3) is 0.381. The van der Waals surface area contributed by atoms with Gasteiger partial charge in [0.1, 0.15) is 5.69 Å². The monoisotopic (exact) mass is 506 g/mol. The molecular formula is C21H26N6O7S. The van der Waals surface area contributed by atoms with Gasteiger partial charge in [0, 0.05) is 25.6 Å². The van der Waals surface area contributed by atoms with Crippen molar-refractivity contribution in [1.29, 1.82) is 0 Å². The van der Waals surface area contributed by atoms with Gasteiger partial charge in [-0.25, -0.2) is 9.78 Å². The van der Waals surface area contributed by atoms with E-state index in [1.54, 1.807) is 0 Å². The van der Waals surface area contributed by atoms with E-state index in [1.165, 1.54) is 32.0 Å². The molecule has 1 heterocycles. The van der Waals surface area contributed by atoms with Crippen molar-refractivity contribution in [2.24, 2.45) is 0 Å². The molecule has 13 nitrogen and oxygen atoms in total. The van der Waals surface area contributed by atoms with Crippen molar-refractivity contribution in [3.05, 3.63) is 45.1 Å². The molecule has 0 atom stereocenters. The number of amides is 4. The lowest BCUT2D eigenvalue weighted by Crippen LogP contribution is -2.25. The Bertz CT molecular complexity index is 1120. The Balaban J connectivity index is 1.99. The van der Waals surface area contributed by atoms with Gasteiger partial charge in [0.25, 0.3) is 11.8 Å². The highest BCUT2D eigenvalue weighted by atomic mass is 32.1. The average molecular weight is 507 g/mol. The first-order valence-electron chi connectivity index (χ1n) is 10.7. The summed E-state index contributed by atoms with van der Waals surface area (Å²) in [5, 5.41) is 29.4. The molecule has 0 unspecified atom stereocenters. The molecule has 14 heteroatoms. The maximum absolute atomic E-state index is 12.7. The van der Waals surface area contributed by atoms with Gasteiger partial charge in [0.05, 0.1) is 16.2 Å². The fourth-order valence-corrected chi connectivity index (χ4v) is 3.83. The molecule has 0 radical (unpaired) electrons. The molecular weight excluding hydrogens is 480 g/mol. The summed E-state index contributed by atoms with van der Waals surface area (Å²) in [6.45, 7) is 3.50. The Morgan fingerprint density at radius 2 is 1.69 bits per heavy atom. The zero-order chi connectivity index (χ0) is 26.0. The second-order valence-corrected chi connectivity index (χ2v) is 8.44. The van der Waals surface area contributed by atoms with Gasteiger partial charge in [0.15, 0.2) is 5.13 Å². The molecule has 35 heavy (non-hydrogen) atoms. The standard InChI is InChI=1S/C21H26N6O7S/c1-12-19(27(33)34)35-20(24-12)26-18(30)15-8-7-14(11-16(15)25-13(2)28)17(29)22-9-5-3-4-6-10-23-21(31)32/h7-8,11,23H,3-6,9-10H2,1-2H3,(H,22,29)(H,25,28)(H,31,32)(H,24,26,30). The number of nitrogens with one attached hydrogen (secondary N) is 4. The molecule has 0 bridgehead atoms. The summed E-state index contributed by atoms with van der Waals surface area (Å²) in [4.78, 5) is 61.6. The van der Waals surface area contributed by atoms with Gasteiger partial charge in [-0.3, -0.25) is 29.8 Å². The van der Waals surface area contributed by atoms with Crippen LogP contribution in [0.4, 0.5) is 20.6 Å². The van der Waals surface area contributed by atoms with Crippen LogP contribution in [0.5, 0.6) is 0 Å². The first kappa shape index (κ1) is 27.2. The predicted octanol–water partition coefficient (Wildman–Crippen LogP) is 3.13. The SMILES string of the molecule is CC(=O)Nc1cc(C(=O)NCCCCCCNC(=O)O)ccc1C(=O)Nc1nc(C)c([N+](=O)[O-])s1. The fourth-order valence-electron chi connectivity index (χ4n) is 3.06. The average Bonchev–Trinajstić information content (AvgIpc) is 3.14. The van der Waals surface area contributed by atoms with E-state index in [0.29, 0.717) is 37.3 Å². The highest BCUT2D eigenvalue weighted by molar-refractivity contribution is 7.19. The van der Waals surface area contributed by atoms with Gasteiger partial charge < -0.3 is 21.1 Å². The van der Waals surface area contributed by atoms with E-state index in [-0.39, 0.29) is 38.5 Å². The third-order valence-corrected chi connectivity index (χ3v) is 5.69. The lowest BCUT2D eigenvalue weighted by Gasteiger charge is -2.12. The Kier molecular flexibility index (Phi) is 10.1. The third kappa shape index (κ3) is 8.66. The van der Waals surface area contributed by atoms with Crippen LogP contribution in [-0.2, 0) is 4.79 Å². The highest BCUT2D eigenvalue weighted by Gasteiger charge is 2.21. The number of carboxylic acid groups (broad SMARTS) is 1. The summed E-state index contributed by atoms with van der Waals surface area (Å²) >= 11 is 0.714. The number of nitrogens with zero attached hydrogens (tertiary/aromatic N) is 2. The van der Waals surface area contributed by atoms with Crippen molar-refractivity contribution in [2.45, 2.75) is 39.5 Å². The van der Waals surface area contributed by atoms with Gasteiger partial charge in [-0.2, -0.15) is 0 Å². The highest BCUT2D eigenvalue weighted by Crippen LogP contribution is 2.30. The number of carbonyl (C=O) groups excluding carboxylic acids is 3. The number of thiazole rings is 1. The minimum absolute atomic E-state index is 0.0357. The maximum Gasteiger partial charge on any atom is 0.404 e. The number of aryl methyl sites for hydroxylation is 1. The van der Waals surface area contributed by atoms with Gasteiger partial charge in [0.2, 0.25) is 5.91 Å². The molecule has 0 saturated heterocycles. The minimum Gasteiger partial charge on any atom is -0.465 e. The molecule has 0 spiro atoms. The molecule has 0 saturated carbocycles. The minimum atomic E-state index is -1.05. The number of aromatic nitrogens is 1. The zero-order valence-electron chi connectivity index (χ0n) is 19.2. The molecule has 2 rings (SSSR count). The van der Waals surface area contributed by atoms with Crippen LogP contribution in [0.15, 0.2) is 18.2 Å². The number of anilines is 2. The van der Waals surface area contributed by atoms with Crippen molar-refractivity contribution in [3.8, 4) is 0 Å². The Labute approximate surface area is 204 Å². The quantitative estimate of drug-likeness (QED) is 0.164. The lowest BCUT2D eigenvalue weighted by molar-refractivity contribution is -0.380. The molecule has 1 aromatic heterocycles. The number of hydrogen-bond donors (Lipinski definition) is 5. The van der Waals surface area contributed by atoms with Crippen molar-refractivity contribution in [2.75, 3.05) is 23.7 Å². The number of carbonyl (C=O) groups is 4. The van der Waals surface area contributed by atoms with Crippen LogP contribution >= 0.6 is 11.3 Å². The van der Waals surface area contributed by atoms with Gasteiger partial charge >= 0.3 is 11.1 Å². The Hall–Kier alpha value is -4.07.